The molecule has 1 atom stereocenters. The number of carbonyl (C=O) groups is 2. The second-order valence-electron chi connectivity index (χ2n) is 4.26. The molecule has 0 bridgehead atoms. The molecule has 0 aliphatic heterocycles. The Morgan fingerprint density at radius 3 is 2.60 bits per heavy atom. The summed E-state index contributed by atoms with van der Waals surface area (Å²) in [5, 5.41) is 11.2. The van der Waals surface area contributed by atoms with Gasteiger partial charge in [-0.15, -0.1) is 0 Å². The van der Waals surface area contributed by atoms with Crippen LogP contribution in [0.15, 0.2) is 0 Å². The quantitative estimate of drug-likeness (QED) is 0.658. The Labute approximate surface area is 90.0 Å². The van der Waals surface area contributed by atoms with E-state index in [4.69, 9.17) is 5.11 Å². The third-order valence-electron chi connectivity index (χ3n) is 3.16. The maximum absolute atomic E-state index is 10.7. The van der Waals surface area contributed by atoms with Crippen LogP contribution >= 0.6 is 0 Å². The SMILES string of the molecule is O=CNC(CCC1CCCCC1)C(=O)O. The summed E-state index contributed by atoms with van der Waals surface area (Å²) in [6.07, 6.45) is 8.22. The summed E-state index contributed by atoms with van der Waals surface area (Å²) in [6.45, 7) is 0. The van der Waals surface area contributed by atoms with Gasteiger partial charge in [0.2, 0.25) is 6.41 Å². The summed E-state index contributed by atoms with van der Waals surface area (Å²) < 4.78 is 0. The summed E-state index contributed by atoms with van der Waals surface area (Å²) >= 11 is 0. The third-order valence-corrected chi connectivity index (χ3v) is 3.16. The van der Waals surface area contributed by atoms with E-state index in [1.807, 2.05) is 0 Å². The summed E-state index contributed by atoms with van der Waals surface area (Å²) in [4.78, 5) is 20.9. The van der Waals surface area contributed by atoms with Crippen molar-refractivity contribution in [2.45, 2.75) is 51.0 Å². The zero-order valence-electron chi connectivity index (χ0n) is 8.95. The Bertz CT molecular complexity index is 212. The molecule has 0 heterocycles. The largest absolute Gasteiger partial charge is 0.480 e. The van der Waals surface area contributed by atoms with Crippen molar-refractivity contribution < 1.29 is 14.7 Å². The van der Waals surface area contributed by atoms with Crippen LogP contribution in [0, 0.1) is 5.92 Å². The van der Waals surface area contributed by atoms with Gasteiger partial charge < -0.3 is 10.4 Å². The molecule has 4 nitrogen and oxygen atoms in total. The van der Waals surface area contributed by atoms with Crippen LogP contribution in [-0.4, -0.2) is 23.5 Å². The van der Waals surface area contributed by atoms with E-state index in [-0.39, 0.29) is 0 Å². The lowest BCUT2D eigenvalue weighted by molar-refractivity contribution is -0.140. The normalized spacial score (nSPS) is 19.5. The fourth-order valence-electron chi connectivity index (χ4n) is 2.24. The van der Waals surface area contributed by atoms with Gasteiger partial charge in [0.05, 0.1) is 0 Å². The minimum absolute atomic E-state index is 0.472. The molecule has 1 amide bonds. The van der Waals surface area contributed by atoms with Crippen LogP contribution in [0.2, 0.25) is 0 Å². The molecule has 0 aromatic heterocycles. The summed E-state index contributed by atoms with van der Waals surface area (Å²) in [5.41, 5.74) is 0. The minimum Gasteiger partial charge on any atom is -0.480 e. The molecule has 1 aliphatic carbocycles. The van der Waals surface area contributed by atoms with Crippen LogP contribution in [0.1, 0.15) is 44.9 Å². The molecular weight excluding hydrogens is 194 g/mol. The molecule has 4 heteroatoms. The highest BCUT2D eigenvalue weighted by atomic mass is 16.4. The van der Waals surface area contributed by atoms with Crippen molar-refractivity contribution in [2.24, 2.45) is 5.92 Å². The number of hydrogen-bond acceptors (Lipinski definition) is 2. The Hall–Kier alpha value is -1.06. The summed E-state index contributed by atoms with van der Waals surface area (Å²) in [5.74, 6) is -0.271. The lowest BCUT2D eigenvalue weighted by atomic mass is 9.85. The van der Waals surface area contributed by atoms with E-state index in [1.165, 1.54) is 32.1 Å². The van der Waals surface area contributed by atoms with E-state index >= 15 is 0 Å². The number of rotatable bonds is 6. The first-order valence-corrected chi connectivity index (χ1v) is 5.66. The number of carboxylic acids is 1. The van der Waals surface area contributed by atoms with E-state index in [0.29, 0.717) is 18.7 Å². The molecule has 0 saturated heterocycles. The Balaban J connectivity index is 2.25. The highest BCUT2D eigenvalue weighted by Gasteiger charge is 2.19. The molecular formula is C11H19NO3. The van der Waals surface area contributed by atoms with E-state index < -0.39 is 12.0 Å². The van der Waals surface area contributed by atoms with E-state index in [9.17, 15) is 9.59 Å². The predicted molar refractivity (Wildman–Crippen MR) is 56.4 cm³/mol. The summed E-state index contributed by atoms with van der Waals surface area (Å²) in [6, 6.07) is -0.704. The van der Waals surface area contributed by atoms with E-state index in [2.05, 4.69) is 5.32 Å². The zero-order valence-corrected chi connectivity index (χ0v) is 8.95. The van der Waals surface area contributed by atoms with Gasteiger partial charge in [-0.1, -0.05) is 32.1 Å². The van der Waals surface area contributed by atoms with E-state index in [0.717, 1.165) is 6.42 Å². The van der Waals surface area contributed by atoms with Crippen molar-refractivity contribution in [3.63, 3.8) is 0 Å². The molecule has 2 N–H and O–H groups in total. The molecule has 0 spiro atoms. The van der Waals surface area contributed by atoms with Crippen molar-refractivity contribution in [3.05, 3.63) is 0 Å². The lowest BCUT2D eigenvalue weighted by Gasteiger charge is -2.22. The topological polar surface area (TPSA) is 66.4 Å². The molecule has 86 valence electrons. The monoisotopic (exact) mass is 213 g/mol. The molecule has 1 saturated carbocycles. The van der Waals surface area contributed by atoms with Crippen LogP contribution in [0.25, 0.3) is 0 Å². The van der Waals surface area contributed by atoms with Crippen LogP contribution in [-0.2, 0) is 9.59 Å². The Morgan fingerprint density at radius 2 is 2.07 bits per heavy atom. The van der Waals surface area contributed by atoms with Crippen LogP contribution in [0.4, 0.5) is 0 Å². The number of carbonyl (C=O) groups excluding carboxylic acids is 1. The van der Waals surface area contributed by atoms with Gasteiger partial charge in [-0.3, -0.25) is 4.79 Å². The molecule has 15 heavy (non-hydrogen) atoms. The van der Waals surface area contributed by atoms with Gasteiger partial charge >= 0.3 is 5.97 Å². The van der Waals surface area contributed by atoms with Crippen molar-refractivity contribution >= 4 is 12.4 Å². The molecule has 1 fully saturated rings. The fourth-order valence-corrected chi connectivity index (χ4v) is 2.24. The van der Waals surface area contributed by atoms with E-state index in [1.54, 1.807) is 0 Å². The smallest absolute Gasteiger partial charge is 0.326 e. The molecule has 1 rings (SSSR count). The number of hydrogen-bond donors (Lipinski definition) is 2. The number of nitrogens with one attached hydrogen (secondary N) is 1. The first kappa shape index (κ1) is 12.0. The first-order chi connectivity index (χ1) is 7.24. The standard InChI is InChI=1S/C11H19NO3/c13-8-12-10(11(14)15)7-6-9-4-2-1-3-5-9/h8-10H,1-7H2,(H,12,13)(H,14,15). The van der Waals surface area contributed by atoms with Gasteiger partial charge in [0.1, 0.15) is 6.04 Å². The molecule has 0 aromatic rings. The van der Waals surface area contributed by atoms with Gasteiger partial charge in [-0.2, -0.15) is 0 Å². The van der Waals surface area contributed by atoms with Crippen LogP contribution in [0.3, 0.4) is 0 Å². The Morgan fingerprint density at radius 1 is 1.40 bits per heavy atom. The summed E-state index contributed by atoms with van der Waals surface area (Å²) in [7, 11) is 0. The maximum atomic E-state index is 10.7. The van der Waals surface area contributed by atoms with Crippen LogP contribution in [0.5, 0.6) is 0 Å². The molecule has 1 unspecified atom stereocenters. The predicted octanol–water partition coefficient (Wildman–Crippen LogP) is 1.55. The average Bonchev–Trinajstić information content (AvgIpc) is 2.25. The van der Waals surface area contributed by atoms with Crippen molar-refractivity contribution in [2.75, 3.05) is 0 Å². The number of aliphatic carboxylic acids is 1. The molecule has 0 aromatic carbocycles. The van der Waals surface area contributed by atoms with Crippen LogP contribution < -0.4 is 5.32 Å². The second-order valence-corrected chi connectivity index (χ2v) is 4.26. The van der Waals surface area contributed by atoms with Gasteiger partial charge in [-0.25, -0.2) is 4.79 Å². The number of amides is 1. The van der Waals surface area contributed by atoms with Crippen molar-refractivity contribution in [3.8, 4) is 0 Å². The van der Waals surface area contributed by atoms with Crippen molar-refractivity contribution in [1.29, 1.82) is 0 Å². The highest BCUT2D eigenvalue weighted by Crippen LogP contribution is 2.27. The zero-order chi connectivity index (χ0) is 11.1. The number of carboxylic acid groups (broad SMARTS) is 1. The highest BCUT2D eigenvalue weighted by molar-refractivity contribution is 5.76. The Kier molecular flexibility index (Phi) is 5.15. The second kappa shape index (κ2) is 6.43. The van der Waals surface area contributed by atoms with Gasteiger partial charge in [0, 0.05) is 0 Å². The maximum Gasteiger partial charge on any atom is 0.326 e. The van der Waals surface area contributed by atoms with Gasteiger partial charge in [0.25, 0.3) is 0 Å². The van der Waals surface area contributed by atoms with Gasteiger partial charge in [-0.05, 0) is 18.8 Å². The third kappa shape index (κ3) is 4.32. The first-order valence-electron chi connectivity index (χ1n) is 5.66. The molecule has 1 aliphatic rings. The lowest BCUT2D eigenvalue weighted by Crippen LogP contribution is -2.36. The fraction of sp³-hybridized carbons (Fsp3) is 0.818. The average molecular weight is 213 g/mol. The minimum atomic E-state index is -0.932. The van der Waals surface area contributed by atoms with Gasteiger partial charge in [0.15, 0.2) is 0 Å². The molecule has 0 radical (unpaired) electrons. The van der Waals surface area contributed by atoms with Crippen molar-refractivity contribution in [1.82, 2.24) is 5.32 Å².